The van der Waals surface area contributed by atoms with E-state index in [1.807, 2.05) is 6.07 Å². The van der Waals surface area contributed by atoms with Crippen LogP contribution in [0.1, 0.15) is 47.0 Å². The molecule has 1 aliphatic rings. The van der Waals surface area contributed by atoms with E-state index in [9.17, 15) is 8.42 Å². The Balaban J connectivity index is 2.29. The van der Waals surface area contributed by atoms with Crippen LogP contribution in [-0.2, 0) is 19.3 Å². The lowest BCUT2D eigenvalue weighted by molar-refractivity contribution is -0.0286. The van der Waals surface area contributed by atoms with Crippen LogP contribution in [-0.4, -0.2) is 34.0 Å². The summed E-state index contributed by atoms with van der Waals surface area (Å²) in [6.07, 6.45) is 4.30. The number of hydrogen-bond acceptors (Lipinski definition) is 4. The molecule has 0 radical (unpaired) electrons. The number of anilines is 1. The van der Waals surface area contributed by atoms with E-state index >= 15 is 0 Å². The molecule has 0 aromatic heterocycles. The SMILES string of the molecule is CC1(C)CCCCOB(c2cccc(NS(C)(=O)=O)c2)OC1(C)C. The molecule has 0 saturated carbocycles. The molecule has 1 aromatic carbocycles. The Morgan fingerprint density at radius 1 is 1.17 bits per heavy atom. The van der Waals surface area contributed by atoms with Crippen LogP contribution in [0.3, 0.4) is 0 Å². The molecule has 134 valence electrons. The highest BCUT2D eigenvalue weighted by Crippen LogP contribution is 2.39. The maximum absolute atomic E-state index is 11.4. The van der Waals surface area contributed by atoms with Crippen LogP contribution in [0.15, 0.2) is 24.3 Å². The summed E-state index contributed by atoms with van der Waals surface area (Å²) in [6.45, 7) is 9.25. The molecule has 1 N–H and O–H groups in total. The van der Waals surface area contributed by atoms with Gasteiger partial charge in [-0.15, -0.1) is 0 Å². The molecule has 1 aromatic rings. The predicted octanol–water partition coefficient (Wildman–Crippen LogP) is 2.78. The van der Waals surface area contributed by atoms with Crippen LogP contribution in [0.2, 0.25) is 0 Å². The minimum Gasteiger partial charge on any atom is -0.407 e. The molecule has 0 amide bonds. The van der Waals surface area contributed by atoms with Crippen molar-refractivity contribution in [1.29, 1.82) is 0 Å². The smallest absolute Gasteiger partial charge is 0.407 e. The zero-order valence-corrected chi connectivity index (χ0v) is 16.1. The van der Waals surface area contributed by atoms with E-state index in [-0.39, 0.29) is 11.0 Å². The largest absolute Gasteiger partial charge is 0.494 e. The fourth-order valence-electron chi connectivity index (χ4n) is 2.75. The summed E-state index contributed by atoms with van der Waals surface area (Å²) in [4.78, 5) is 0. The molecule has 1 saturated heterocycles. The van der Waals surface area contributed by atoms with Gasteiger partial charge in [0.15, 0.2) is 0 Å². The van der Waals surface area contributed by atoms with Crippen molar-refractivity contribution < 1.29 is 17.7 Å². The average molecular weight is 353 g/mol. The molecule has 0 spiro atoms. The van der Waals surface area contributed by atoms with Gasteiger partial charge in [-0.2, -0.15) is 0 Å². The highest BCUT2D eigenvalue weighted by Gasteiger charge is 2.42. The van der Waals surface area contributed by atoms with Gasteiger partial charge in [0.25, 0.3) is 0 Å². The molecule has 0 unspecified atom stereocenters. The van der Waals surface area contributed by atoms with Gasteiger partial charge >= 0.3 is 7.12 Å². The third-order valence-electron chi connectivity index (χ3n) is 4.96. The second-order valence-corrected chi connectivity index (χ2v) is 9.42. The summed E-state index contributed by atoms with van der Waals surface area (Å²) in [5, 5.41) is 0. The van der Waals surface area contributed by atoms with E-state index < -0.39 is 17.1 Å². The normalized spacial score (nSPS) is 21.5. The third-order valence-corrected chi connectivity index (χ3v) is 5.57. The Morgan fingerprint density at radius 3 is 2.54 bits per heavy atom. The van der Waals surface area contributed by atoms with Crippen molar-refractivity contribution in [2.24, 2.45) is 5.41 Å². The van der Waals surface area contributed by atoms with Gasteiger partial charge in [-0.3, -0.25) is 4.72 Å². The number of hydrogen-bond donors (Lipinski definition) is 1. The number of benzene rings is 1. The second kappa shape index (κ2) is 7.06. The first-order valence-corrected chi connectivity index (χ1v) is 10.3. The summed E-state index contributed by atoms with van der Waals surface area (Å²) in [5.74, 6) is 0. The zero-order valence-electron chi connectivity index (χ0n) is 15.3. The third kappa shape index (κ3) is 4.97. The number of nitrogens with one attached hydrogen (secondary N) is 1. The van der Waals surface area contributed by atoms with E-state index in [1.165, 1.54) is 0 Å². The van der Waals surface area contributed by atoms with Gasteiger partial charge in [-0.05, 0) is 49.7 Å². The van der Waals surface area contributed by atoms with Crippen molar-refractivity contribution in [2.45, 2.75) is 52.6 Å². The van der Waals surface area contributed by atoms with Crippen molar-refractivity contribution in [3.8, 4) is 0 Å². The van der Waals surface area contributed by atoms with E-state index in [4.69, 9.17) is 9.31 Å². The fourth-order valence-corrected chi connectivity index (χ4v) is 3.30. The van der Waals surface area contributed by atoms with Crippen LogP contribution < -0.4 is 10.2 Å². The van der Waals surface area contributed by atoms with Crippen LogP contribution in [0.5, 0.6) is 0 Å². The Kier molecular flexibility index (Phi) is 5.67. The highest BCUT2D eigenvalue weighted by molar-refractivity contribution is 7.92. The van der Waals surface area contributed by atoms with Crippen molar-refractivity contribution in [1.82, 2.24) is 0 Å². The molecule has 7 heteroatoms. The monoisotopic (exact) mass is 353 g/mol. The van der Waals surface area contributed by atoms with Gasteiger partial charge < -0.3 is 9.31 Å². The highest BCUT2D eigenvalue weighted by atomic mass is 32.2. The van der Waals surface area contributed by atoms with Gasteiger partial charge in [0.1, 0.15) is 0 Å². The maximum atomic E-state index is 11.4. The lowest BCUT2D eigenvalue weighted by Gasteiger charge is -2.42. The lowest BCUT2D eigenvalue weighted by atomic mass is 9.70. The zero-order chi connectivity index (χ0) is 18.0. The summed E-state index contributed by atoms with van der Waals surface area (Å²) in [6, 6.07) is 7.20. The lowest BCUT2D eigenvalue weighted by Crippen LogP contribution is -2.50. The first-order valence-electron chi connectivity index (χ1n) is 8.37. The Hall–Kier alpha value is -1.05. The van der Waals surface area contributed by atoms with Crippen molar-refractivity contribution in [3.63, 3.8) is 0 Å². The predicted molar refractivity (Wildman–Crippen MR) is 99.0 cm³/mol. The topological polar surface area (TPSA) is 64.6 Å². The summed E-state index contributed by atoms with van der Waals surface area (Å²) in [5.41, 5.74) is 0.970. The number of rotatable bonds is 3. The Labute approximate surface area is 146 Å². The van der Waals surface area contributed by atoms with E-state index in [2.05, 4.69) is 32.4 Å². The standard InChI is InChI=1S/C17H28BNO4S/c1-16(2)11-6-7-12-22-18(23-17(16,3)4)14-9-8-10-15(13-14)19-24(5,20)21/h8-10,13,19H,6-7,11-12H2,1-5H3. The van der Waals surface area contributed by atoms with Crippen LogP contribution in [0.25, 0.3) is 0 Å². The first kappa shape index (κ1) is 19.3. The van der Waals surface area contributed by atoms with E-state index in [1.54, 1.807) is 18.2 Å². The molecule has 0 bridgehead atoms. The number of sulfonamides is 1. The quantitative estimate of drug-likeness (QED) is 0.849. The Morgan fingerprint density at radius 2 is 1.88 bits per heavy atom. The van der Waals surface area contributed by atoms with Gasteiger partial charge in [0.05, 0.1) is 11.9 Å². The first-order chi connectivity index (χ1) is 11.0. The van der Waals surface area contributed by atoms with Crippen molar-refractivity contribution >= 4 is 28.3 Å². The Bertz CT molecular complexity index is 673. The molecule has 1 heterocycles. The van der Waals surface area contributed by atoms with Crippen LogP contribution in [0, 0.1) is 5.41 Å². The van der Waals surface area contributed by atoms with Gasteiger partial charge in [-0.1, -0.05) is 32.4 Å². The minimum absolute atomic E-state index is 0.0154. The molecular weight excluding hydrogens is 325 g/mol. The molecule has 24 heavy (non-hydrogen) atoms. The van der Waals surface area contributed by atoms with Gasteiger partial charge in [0, 0.05) is 12.3 Å². The van der Waals surface area contributed by atoms with Gasteiger partial charge in [-0.25, -0.2) is 8.42 Å². The molecular formula is C17H28BNO4S. The molecule has 1 aliphatic heterocycles. The molecule has 0 aliphatic carbocycles. The molecule has 5 nitrogen and oxygen atoms in total. The molecule has 2 rings (SSSR count). The second-order valence-electron chi connectivity index (χ2n) is 7.67. The van der Waals surface area contributed by atoms with Crippen LogP contribution >= 0.6 is 0 Å². The van der Waals surface area contributed by atoms with Crippen molar-refractivity contribution in [3.05, 3.63) is 24.3 Å². The summed E-state index contributed by atoms with van der Waals surface area (Å²) < 4.78 is 37.7. The summed E-state index contributed by atoms with van der Waals surface area (Å²) >= 11 is 0. The van der Waals surface area contributed by atoms with Crippen LogP contribution in [0.4, 0.5) is 5.69 Å². The van der Waals surface area contributed by atoms with Crippen molar-refractivity contribution in [2.75, 3.05) is 17.6 Å². The fraction of sp³-hybridized carbons (Fsp3) is 0.647. The minimum atomic E-state index is -3.32. The van der Waals surface area contributed by atoms with Gasteiger partial charge in [0.2, 0.25) is 10.0 Å². The maximum Gasteiger partial charge on any atom is 0.494 e. The average Bonchev–Trinajstić information content (AvgIpc) is 2.47. The van der Waals surface area contributed by atoms with E-state index in [0.29, 0.717) is 12.3 Å². The molecule has 0 atom stereocenters. The van der Waals surface area contributed by atoms with E-state index in [0.717, 1.165) is 31.0 Å². The summed E-state index contributed by atoms with van der Waals surface area (Å²) in [7, 11) is -3.83. The molecule has 1 fully saturated rings.